The van der Waals surface area contributed by atoms with E-state index in [1.807, 2.05) is 60.8 Å². The van der Waals surface area contributed by atoms with Crippen LogP contribution in [-0.2, 0) is 9.53 Å². The van der Waals surface area contributed by atoms with E-state index in [0.29, 0.717) is 22.7 Å². The van der Waals surface area contributed by atoms with Crippen LogP contribution in [0.2, 0.25) is 0 Å². The quantitative estimate of drug-likeness (QED) is 0.336. The number of anilines is 1. The summed E-state index contributed by atoms with van der Waals surface area (Å²) in [6.07, 6.45) is 3.13. The van der Waals surface area contributed by atoms with E-state index in [2.05, 4.69) is 5.32 Å². The number of amides is 1. The van der Waals surface area contributed by atoms with Crippen LogP contribution >= 0.6 is 11.3 Å². The van der Waals surface area contributed by atoms with E-state index in [9.17, 15) is 9.59 Å². The number of ether oxygens (including phenoxy) is 3. The van der Waals surface area contributed by atoms with E-state index >= 15 is 0 Å². The van der Waals surface area contributed by atoms with Crippen LogP contribution in [0.15, 0.2) is 60.0 Å². The molecule has 32 heavy (non-hydrogen) atoms. The normalized spacial score (nSPS) is 10.7. The standard InChI is InChI=1S/C25H25NO5S/c1-4-30-20-11-6-17(7-12-20)8-15-22(27)26-24-23(25(28)31-5-2)21(16-32-24)18-9-13-19(29-3)14-10-18/h6-16H,4-5H2,1-3H3,(H,26,27). The van der Waals surface area contributed by atoms with Crippen LogP contribution in [0.1, 0.15) is 29.8 Å². The Kier molecular flexibility index (Phi) is 8.05. The molecule has 7 heteroatoms. The van der Waals surface area contributed by atoms with Gasteiger partial charge in [-0.15, -0.1) is 11.3 Å². The molecule has 0 spiro atoms. The lowest BCUT2D eigenvalue weighted by Gasteiger charge is -2.08. The summed E-state index contributed by atoms with van der Waals surface area (Å²) >= 11 is 1.28. The number of carbonyl (C=O) groups is 2. The molecule has 0 aliphatic rings. The molecular weight excluding hydrogens is 426 g/mol. The van der Waals surface area contributed by atoms with Gasteiger partial charge in [0.2, 0.25) is 5.91 Å². The van der Waals surface area contributed by atoms with Crippen molar-refractivity contribution in [2.24, 2.45) is 0 Å². The fraction of sp³-hybridized carbons (Fsp3) is 0.200. The Morgan fingerprint density at radius 1 is 0.969 bits per heavy atom. The van der Waals surface area contributed by atoms with E-state index in [1.54, 1.807) is 20.1 Å². The van der Waals surface area contributed by atoms with Crippen molar-refractivity contribution in [1.82, 2.24) is 0 Å². The minimum absolute atomic E-state index is 0.238. The van der Waals surface area contributed by atoms with E-state index < -0.39 is 5.97 Å². The molecule has 3 rings (SSSR count). The fourth-order valence-corrected chi connectivity index (χ4v) is 3.97. The highest BCUT2D eigenvalue weighted by molar-refractivity contribution is 7.15. The van der Waals surface area contributed by atoms with Crippen molar-refractivity contribution in [3.63, 3.8) is 0 Å². The summed E-state index contributed by atoms with van der Waals surface area (Å²) in [6, 6.07) is 14.8. The first-order valence-corrected chi connectivity index (χ1v) is 11.1. The molecule has 0 atom stereocenters. The van der Waals surface area contributed by atoms with Gasteiger partial charge in [0, 0.05) is 17.0 Å². The van der Waals surface area contributed by atoms with Gasteiger partial charge in [0.15, 0.2) is 0 Å². The predicted octanol–water partition coefficient (Wildman–Crippen LogP) is 5.65. The predicted molar refractivity (Wildman–Crippen MR) is 128 cm³/mol. The first-order valence-electron chi connectivity index (χ1n) is 10.2. The first-order chi connectivity index (χ1) is 15.5. The Balaban J connectivity index is 1.80. The van der Waals surface area contributed by atoms with Crippen molar-refractivity contribution in [2.45, 2.75) is 13.8 Å². The maximum absolute atomic E-state index is 12.7. The molecule has 0 unspecified atom stereocenters. The number of benzene rings is 2. The van der Waals surface area contributed by atoms with Gasteiger partial charge in [0.25, 0.3) is 0 Å². The zero-order chi connectivity index (χ0) is 22.9. The lowest BCUT2D eigenvalue weighted by molar-refractivity contribution is -0.111. The molecule has 0 saturated carbocycles. The van der Waals surface area contributed by atoms with Gasteiger partial charge in [0.05, 0.1) is 20.3 Å². The SMILES string of the molecule is CCOC(=O)c1c(-c2ccc(OC)cc2)csc1NC(=O)C=Cc1ccc(OCC)cc1. The number of hydrogen-bond acceptors (Lipinski definition) is 6. The molecule has 1 aromatic heterocycles. The van der Waals surface area contributed by atoms with E-state index in [-0.39, 0.29) is 12.5 Å². The van der Waals surface area contributed by atoms with Crippen molar-refractivity contribution in [3.8, 4) is 22.6 Å². The zero-order valence-electron chi connectivity index (χ0n) is 18.2. The number of rotatable bonds is 9. The highest BCUT2D eigenvalue weighted by Gasteiger charge is 2.22. The lowest BCUT2D eigenvalue weighted by atomic mass is 10.0. The Morgan fingerprint density at radius 2 is 1.66 bits per heavy atom. The van der Waals surface area contributed by atoms with Crippen LogP contribution in [0.3, 0.4) is 0 Å². The number of methoxy groups -OCH3 is 1. The van der Waals surface area contributed by atoms with Crippen LogP contribution in [0, 0.1) is 0 Å². The minimum Gasteiger partial charge on any atom is -0.497 e. The van der Waals surface area contributed by atoms with Crippen LogP contribution in [0.4, 0.5) is 5.00 Å². The molecule has 0 saturated heterocycles. The average Bonchev–Trinajstić information content (AvgIpc) is 3.22. The minimum atomic E-state index is -0.481. The second-order valence-corrected chi connectivity index (χ2v) is 7.51. The Hall–Kier alpha value is -3.58. The van der Waals surface area contributed by atoms with Gasteiger partial charge in [-0.2, -0.15) is 0 Å². The summed E-state index contributed by atoms with van der Waals surface area (Å²) in [5.74, 6) is 0.672. The van der Waals surface area contributed by atoms with Crippen molar-refractivity contribution in [2.75, 3.05) is 25.6 Å². The van der Waals surface area contributed by atoms with E-state index in [0.717, 1.165) is 22.6 Å². The smallest absolute Gasteiger partial charge is 0.341 e. The molecule has 0 radical (unpaired) electrons. The highest BCUT2D eigenvalue weighted by atomic mass is 32.1. The maximum atomic E-state index is 12.7. The Morgan fingerprint density at radius 3 is 2.28 bits per heavy atom. The van der Waals surface area contributed by atoms with Crippen molar-refractivity contribution >= 4 is 34.3 Å². The molecule has 0 aliphatic carbocycles. The fourth-order valence-electron chi connectivity index (χ4n) is 3.01. The molecular formula is C25H25NO5S. The third-order valence-corrected chi connectivity index (χ3v) is 5.42. The van der Waals surface area contributed by atoms with Gasteiger partial charge in [-0.25, -0.2) is 4.79 Å². The molecule has 0 fully saturated rings. The van der Waals surface area contributed by atoms with Crippen LogP contribution in [0.25, 0.3) is 17.2 Å². The summed E-state index contributed by atoms with van der Waals surface area (Å²) in [5.41, 5.74) is 2.72. The monoisotopic (exact) mass is 451 g/mol. The molecule has 3 aromatic rings. The van der Waals surface area contributed by atoms with Gasteiger partial charge < -0.3 is 19.5 Å². The van der Waals surface area contributed by atoms with Gasteiger partial charge >= 0.3 is 5.97 Å². The van der Waals surface area contributed by atoms with Gasteiger partial charge in [-0.3, -0.25) is 4.79 Å². The number of esters is 1. The summed E-state index contributed by atoms with van der Waals surface area (Å²) in [5, 5.41) is 5.08. The Labute approximate surface area is 191 Å². The Bertz CT molecular complexity index is 1080. The van der Waals surface area contributed by atoms with Gasteiger partial charge in [-0.05, 0) is 55.3 Å². The van der Waals surface area contributed by atoms with Crippen LogP contribution in [0.5, 0.6) is 11.5 Å². The largest absolute Gasteiger partial charge is 0.497 e. The van der Waals surface area contributed by atoms with Gasteiger partial charge in [0.1, 0.15) is 22.1 Å². The zero-order valence-corrected chi connectivity index (χ0v) is 19.0. The maximum Gasteiger partial charge on any atom is 0.341 e. The third kappa shape index (κ3) is 5.76. The molecule has 0 bridgehead atoms. The highest BCUT2D eigenvalue weighted by Crippen LogP contribution is 2.37. The third-order valence-electron chi connectivity index (χ3n) is 4.53. The summed E-state index contributed by atoms with van der Waals surface area (Å²) < 4.78 is 15.9. The van der Waals surface area contributed by atoms with Crippen LogP contribution in [-0.4, -0.2) is 32.2 Å². The van der Waals surface area contributed by atoms with E-state index in [4.69, 9.17) is 14.2 Å². The summed E-state index contributed by atoms with van der Waals surface area (Å²) in [6.45, 7) is 4.50. The average molecular weight is 452 g/mol. The molecule has 2 aromatic carbocycles. The van der Waals surface area contributed by atoms with Crippen molar-refractivity contribution in [1.29, 1.82) is 0 Å². The van der Waals surface area contributed by atoms with Crippen LogP contribution < -0.4 is 14.8 Å². The molecule has 0 aliphatic heterocycles. The molecule has 166 valence electrons. The van der Waals surface area contributed by atoms with Crippen molar-refractivity contribution < 1.29 is 23.8 Å². The number of carbonyl (C=O) groups excluding carboxylic acids is 2. The first kappa shape index (κ1) is 23.1. The number of hydrogen-bond donors (Lipinski definition) is 1. The second kappa shape index (κ2) is 11.2. The topological polar surface area (TPSA) is 73.9 Å². The van der Waals surface area contributed by atoms with E-state index in [1.165, 1.54) is 17.4 Å². The second-order valence-electron chi connectivity index (χ2n) is 6.63. The van der Waals surface area contributed by atoms with Crippen molar-refractivity contribution in [3.05, 3.63) is 71.1 Å². The molecule has 1 N–H and O–H groups in total. The summed E-state index contributed by atoms with van der Waals surface area (Å²) in [4.78, 5) is 25.2. The molecule has 1 amide bonds. The number of nitrogens with one attached hydrogen (secondary N) is 1. The summed E-state index contributed by atoms with van der Waals surface area (Å²) in [7, 11) is 1.60. The lowest BCUT2D eigenvalue weighted by Crippen LogP contribution is -2.12. The van der Waals surface area contributed by atoms with Gasteiger partial charge in [-0.1, -0.05) is 24.3 Å². The molecule has 6 nitrogen and oxygen atoms in total. The number of thiophene rings is 1. The molecule has 1 heterocycles.